The number of benzene rings is 2. The molecular weight excluding hydrogens is 244 g/mol. The van der Waals surface area contributed by atoms with Crippen molar-refractivity contribution in [1.29, 1.82) is 0 Å². The van der Waals surface area contributed by atoms with Crippen molar-refractivity contribution in [2.45, 2.75) is 18.7 Å². The maximum absolute atomic E-state index is 12.2. The van der Waals surface area contributed by atoms with Crippen molar-refractivity contribution in [3.8, 4) is 0 Å². The topological polar surface area (TPSA) is 34.1 Å². The highest BCUT2D eigenvalue weighted by Crippen LogP contribution is 2.19. The van der Waals surface area contributed by atoms with Crippen LogP contribution in [-0.4, -0.2) is 15.7 Å². The van der Waals surface area contributed by atoms with Crippen molar-refractivity contribution in [1.82, 2.24) is 0 Å². The lowest BCUT2D eigenvalue weighted by atomic mass is 10.1. The van der Waals surface area contributed by atoms with Gasteiger partial charge in [-0.3, -0.25) is 9.00 Å². The van der Waals surface area contributed by atoms with Gasteiger partial charge in [0.2, 0.25) is 0 Å². The van der Waals surface area contributed by atoms with Gasteiger partial charge in [-0.1, -0.05) is 37.3 Å². The lowest BCUT2D eigenvalue weighted by molar-refractivity contribution is -0.119. The van der Waals surface area contributed by atoms with Gasteiger partial charge in [-0.05, 0) is 29.8 Å². The van der Waals surface area contributed by atoms with Crippen LogP contribution in [0, 0.1) is 5.92 Å². The Bertz CT molecular complexity index is 604. The van der Waals surface area contributed by atoms with Crippen LogP contribution in [-0.2, 0) is 15.6 Å². The summed E-state index contributed by atoms with van der Waals surface area (Å²) in [5.74, 6) is 0.328. The Morgan fingerprint density at radius 2 is 1.83 bits per heavy atom. The van der Waals surface area contributed by atoms with E-state index in [-0.39, 0.29) is 11.7 Å². The number of rotatable bonds is 4. The second-order valence-electron chi connectivity index (χ2n) is 4.53. The third-order valence-corrected chi connectivity index (χ3v) is 4.66. The van der Waals surface area contributed by atoms with Crippen LogP contribution in [0.25, 0.3) is 10.8 Å². The molecule has 0 fully saturated rings. The minimum atomic E-state index is -1.11. The van der Waals surface area contributed by atoms with Gasteiger partial charge in [-0.2, -0.15) is 0 Å². The summed E-state index contributed by atoms with van der Waals surface area (Å²) in [6.45, 7) is 3.36. The Labute approximate surface area is 109 Å². The molecule has 0 radical (unpaired) electrons. The van der Waals surface area contributed by atoms with E-state index in [1.807, 2.05) is 49.4 Å². The fraction of sp³-hybridized carbons (Fsp3) is 0.267. The van der Waals surface area contributed by atoms with Gasteiger partial charge in [0, 0.05) is 16.6 Å². The van der Waals surface area contributed by atoms with E-state index < -0.39 is 10.8 Å². The van der Waals surface area contributed by atoms with Gasteiger partial charge in [0.1, 0.15) is 5.78 Å². The highest BCUT2D eigenvalue weighted by atomic mass is 32.2. The highest BCUT2D eigenvalue weighted by molar-refractivity contribution is 7.85. The molecule has 0 bridgehead atoms. The van der Waals surface area contributed by atoms with E-state index >= 15 is 0 Å². The molecule has 0 aliphatic carbocycles. The molecule has 0 amide bonds. The largest absolute Gasteiger partial charge is 0.300 e. The molecule has 2 rings (SSSR count). The van der Waals surface area contributed by atoms with Gasteiger partial charge in [-0.15, -0.1) is 0 Å². The van der Waals surface area contributed by atoms with E-state index in [9.17, 15) is 9.00 Å². The molecule has 0 heterocycles. The van der Waals surface area contributed by atoms with Gasteiger partial charge >= 0.3 is 0 Å². The van der Waals surface area contributed by atoms with Crippen molar-refractivity contribution in [3.63, 3.8) is 0 Å². The first-order chi connectivity index (χ1) is 8.58. The summed E-state index contributed by atoms with van der Waals surface area (Å²) in [6, 6.07) is 13.8. The van der Waals surface area contributed by atoms with Gasteiger partial charge in [0.25, 0.3) is 0 Å². The number of hydrogen-bond donors (Lipinski definition) is 0. The highest BCUT2D eigenvalue weighted by Gasteiger charge is 2.13. The van der Waals surface area contributed by atoms with E-state index in [0.29, 0.717) is 5.75 Å². The normalized spacial score (nSPS) is 14.3. The molecule has 0 aliphatic rings. The maximum atomic E-state index is 12.2. The first-order valence-electron chi connectivity index (χ1n) is 5.95. The molecule has 0 saturated heterocycles. The van der Waals surface area contributed by atoms with Gasteiger partial charge in [0.05, 0.1) is 10.8 Å². The number of fused-ring (bicyclic) bond motifs is 1. The molecule has 1 unspecified atom stereocenters. The molecule has 3 heteroatoms. The van der Waals surface area contributed by atoms with E-state index in [2.05, 4.69) is 0 Å². The Balaban J connectivity index is 2.25. The predicted octanol–water partition coefficient (Wildman–Crippen LogP) is 3.17. The van der Waals surface area contributed by atoms with Crippen molar-refractivity contribution < 1.29 is 9.00 Å². The van der Waals surface area contributed by atoms with Gasteiger partial charge < -0.3 is 0 Å². The van der Waals surface area contributed by atoms with Crippen molar-refractivity contribution >= 4 is 27.4 Å². The van der Waals surface area contributed by atoms with Crippen molar-refractivity contribution in [2.24, 2.45) is 5.92 Å². The molecule has 2 aromatic rings. The van der Waals surface area contributed by atoms with Crippen LogP contribution in [0.4, 0.5) is 0 Å². The average molecular weight is 260 g/mol. The third kappa shape index (κ3) is 2.85. The Morgan fingerprint density at radius 3 is 2.50 bits per heavy atom. The summed E-state index contributed by atoms with van der Waals surface area (Å²) in [5.41, 5.74) is 0. The van der Waals surface area contributed by atoms with Crippen LogP contribution in [0.3, 0.4) is 0 Å². The molecule has 2 atom stereocenters. The van der Waals surface area contributed by atoms with E-state index in [0.717, 1.165) is 15.7 Å². The van der Waals surface area contributed by atoms with E-state index in [4.69, 9.17) is 0 Å². The van der Waals surface area contributed by atoms with E-state index in [1.54, 1.807) is 6.92 Å². The van der Waals surface area contributed by atoms with Crippen LogP contribution in [0.15, 0.2) is 47.4 Å². The van der Waals surface area contributed by atoms with Crippen LogP contribution in [0.2, 0.25) is 0 Å². The fourth-order valence-electron chi connectivity index (χ4n) is 1.75. The zero-order chi connectivity index (χ0) is 13.1. The third-order valence-electron chi connectivity index (χ3n) is 3.08. The number of Topliss-reactive ketones (excluding diaryl/α,β-unsaturated/α-hetero) is 1. The summed E-state index contributed by atoms with van der Waals surface area (Å²) in [6.07, 6.45) is 0. The number of ketones is 1. The predicted molar refractivity (Wildman–Crippen MR) is 75.1 cm³/mol. The second kappa shape index (κ2) is 5.44. The van der Waals surface area contributed by atoms with Gasteiger partial charge in [-0.25, -0.2) is 0 Å². The molecule has 0 saturated carbocycles. The minimum Gasteiger partial charge on any atom is -0.300 e. The number of carbonyl (C=O) groups is 1. The summed E-state index contributed by atoms with van der Waals surface area (Å²) >= 11 is 0. The second-order valence-corrected chi connectivity index (χ2v) is 6.03. The monoisotopic (exact) mass is 260 g/mol. The molecule has 94 valence electrons. The van der Waals surface area contributed by atoms with Crippen LogP contribution in [0.1, 0.15) is 13.8 Å². The summed E-state index contributed by atoms with van der Waals surface area (Å²) < 4.78 is 12.2. The van der Waals surface area contributed by atoms with Crippen molar-refractivity contribution in [2.75, 3.05) is 5.75 Å². The first-order valence-corrected chi connectivity index (χ1v) is 7.27. The molecule has 2 aromatic carbocycles. The maximum Gasteiger partial charge on any atom is 0.133 e. The molecule has 0 spiro atoms. The Morgan fingerprint density at radius 1 is 1.17 bits per heavy atom. The van der Waals surface area contributed by atoms with Crippen LogP contribution < -0.4 is 0 Å². The average Bonchev–Trinajstić information content (AvgIpc) is 2.37. The van der Waals surface area contributed by atoms with Crippen molar-refractivity contribution in [3.05, 3.63) is 42.5 Å². The molecule has 18 heavy (non-hydrogen) atoms. The number of carbonyl (C=O) groups excluding carboxylic acids is 1. The smallest absolute Gasteiger partial charge is 0.133 e. The lowest BCUT2D eigenvalue weighted by Crippen LogP contribution is -2.15. The fourth-order valence-corrected chi connectivity index (χ4v) is 3.11. The Kier molecular flexibility index (Phi) is 3.92. The zero-order valence-electron chi connectivity index (χ0n) is 10.6. The van der Waals surface area contributed by atoms with E-state index in [1.165, 1.54) is 0 Å². The van der Waals surface area contributed by atoms with Crippen LogP contribution >= 0.6 is 0 Å². The molecule has 0 aliphatic heterocycles. The Hall–Kier alpha value is -1.48. The zero-order valence-corrected chi connectivity index (χ0v) is 11.4. The lowest BCUT2D eigenvalue weighted by Gasteiger charge is -2.08. The first kappa shape index (κ1) is 13.0. The molecule has 0 aromatic heterocycles. The SMILES string of the molecule is CC(=O)[C@H](C)CS(=O)c1ccc2ccccc2c1. The molecule has 2 nitrogen and oxygen atoms in total. The summed E-state index contributed by atoms with van der Waals surface area (Å²) in [7, 11) is -1.11. The minimum absolute atomic E-state index is 0.0872. The summed E-state index contributed by atoms with van der Waals surface area (Å²) in [4.78, 5) is 12.0. The molecule has 0 N–H and O–H groups in total. The molecular formula is C15H16O2S. The van der Waals surface area contributed by atoms with Crippen LogP contribution in [0.5, 0.6) is 0 Å². The summed E-state index contributed by atoms with van der Waals surface area (Å²) in [5, 5.41) is 2.22. The quantitative estimate of drug-likeness (QED) is 0.846. The standard InChI is InChI=1S/C15H16O2S/c1-11(12(2)16)10-18(17)15-8-7-13-5-3-4-6-14(13)9-15/h3-9,11H,10H2,1-2H3/t11-,18?/m1/s1. The van der Waals surface area contributed by atoms with Gasteiger partial charge in [0.15, 0.2) is 0 Å². The number of hydrogen-bond acceptors (Lipinski definition) is 2.